The van der Waals surface area contributed by atoms with Crippen LogP contribution in [0, 0.1) is 23.7 Å². The Labute approximate surface area is 105 Å². The molecule has 0 saturated carbocycles. The van der Waals surface area contributed by atoms with Crippen LogP contribution in [0.5, 0.6) is 0 Å². The van der Waals surface area contributed by atoms with E-state index in [2.05, 4.69) is 48.2 Å². The molecule has 94 valence electrons. The summed E-state index contributed by atoms with van der Waals surface area (Å²) in [6.45, 7) is 7.33. The average Bonchev–Trinajstić information content (AvgIpc) is 2.30. The van der Waals surface area contributed by atoms with Gasteiger partial charge >= 0.3 is 0 Å². The monoisotopic (exact) mass is 234 g/mol. The second-order valence-electron chi connectivity index (χ2n) is 3.85. The Hall–Kier alpha value is -1.45. The molecule has 0 aliphatic rings. The molecule has 0 aliphatic heterocycles. The molecule has 0 aromatic heterocycles. The van der Waals surface area contributed by atoms with Crippen LogP contribution in [0.3, 0.4) is 0 Å². The first-order valence-electron chi connectivity index (χ1n) is 6.10. The SMILES string of the molecule is CCC(C)NCCC#CC#CCCNC(C)=O. The largest absolute Gasteiger partial charge is 0.355 e. The number of rotatable bonds is 6. The van der Waals surface area contributed by atoms with Crippen LogP contribution < -0.4 is 10.6 Å². The fourth-order valence-electron chi connectivity index (χ4n) is 1.04. The van der Waals surface area contributed by atoms with E-state index in [-0.39, 0.29) is 5.91 Å². The minimum atomic E-state index is -0.0194. The van der Waals surface area contributed by atoms with Crippen LogP contribution >= 0.6 is 0 Å². The normalized spacial score (nSPS) is 10.5. The van der Waals surface area contributed by atoms with Crippen molar-refractivity contribution in [3.05, 3.63) is 0 Å². The summed E-state index contributed by atoms with van der Waals surface area (Å²) < 4.78 is 0. The zero-order valence-corrected chi connectivity index (χ0v) is 11.0. The van der Waals surface area contributed by atoms with Crippen molar-refractivity contribution in [1.82, 2.24) is 10.6 Å². The first-order valence-corrected chi connectivity index (χ1v) is 6.10. The maximum absolute atomic E-state index is 10.5. The lowest BCUT2D eigenvalue weighted by Crippen LogP contribution is -2.25. The Bertz CT molecular complexity index is 328. The van der Waals surface area contributed by atoms with Crippen molar-refractivity contribution in [3.8, 4) is 23.7 Å². The van der Waals surface area contributed by atoms with Gasteiger partial charge in [-0.2, -0.15) is 0 Å². The van der Waals surface area contributed by atoms with Crippen molar-refractivity contribution < 1.29 is 4.79 Å². The lowest BCUT2D eigenvalue weighted by Gasteiger charge is -2.08. The second-order valence-corrected chi connectivity index (χ2v) is 3.85. The Kier molecular flexibility index (Phi) is 10.1. The van der Waals surface area contributed by atoms with Crippen molar-refractivity contribution in [2.75, 3.05) is 13.1 Å². The molecule has 0 fully saturated rings. The number of amides is 1. The van der Waals surface area contributed by atoms with Crippen LogP contribution in [0.2, 0.25) is 0 Å². The van der Waals surface area contributed by atoms with Crippen LogP contribution in [-0.2, 0) is 4.79 Å². The molecule has 1 amide bonds. The van der Waals surface area contributed by atoms with Gasteiger partial charge in [0, 0.05) is 38.9 Å². The summed E-state index contributed by atoms with van der Waals surface area (Å²) in [5.41, 5.74) is 0. The van der Waals surface area contributed by atoms with Crippen molar-refractivity contribution in [2.45, 2.75) is 46.1 Å². The van der Waals surface area contributed by atoms with E-state index < -0.39 is 0 Å². The summed E-state index contributed by atoms with van der Waals surface area (Å²) in [4.78, 5) is 10.5. The van der Waals surface area contributed by atoms with Gasteiger partial charge in [-0.05, 0) is 25.2 Å². The lowest BCUT2D eigenvalue weighted by molar-refractivity contribution is -0.118. The third-order valence-corrected chi connectivity index (χ3v) is 2.22. The molecule has 0 radical (unpaired) electrons. The number of nitrogens with one attached hydrogen (secondary N) is 2. The van der Waals surface area contributed by atoms with Gasteiger partial charge in [-0.1, -0.05) is 18.8 Å². The minimum absolute atomic E-state index is 0.0194. The summed E-state index contributed by atoms with van der Waals surface area (Å²) in [7, 11) is 0. The van der Waals surface area contributed by atoms with E-state index in [1.807, 2.05) is 0 Å². The Morgan fingerprint density at radius 2 is 1.76 bits per heavy atom. The first-order chi connectivity index (χ1) is 8.16. The second kappa shape index (κ2) is 11.0. The molecule has 3 heteroatoms. The summed E-state index contributed by atoms with van der Waals surface area (Å²) in [6, 6.07) is 0.556. The molecular formula is C14H22N2O. The van der Waals surface area contributed by atoms with Gasteiger partial charge in [0.15, 0.2) is 0 Å². The Morgan fingerprint density at radius 3 is 2.29 bits per heavy atom. The summed E-state index contributed by atoms with van der Waals surface area (Å²) >= 11 is 0. The van der Waals surface area contributed by atoms with Crippen LogP contribution in [0.15, 0.2) is 0 Å². The molecule has 0 aromatic rings. The molecule has 2 N–H and O–H groups in total. The highest BCUT2D eigenvalue weighted by atomic mass is 16.1. The van der Waals surface area contributed by atoms with Crippen LogP contribution in [-0.4, -0.2) is 25.0 Å². The number of hydrogen-bond donors (Lipinski definition) is 2. The molecule has 0 aliphatic carbocycles. The number of carbonyl (C=O) groups is 1. The zero-order valence-electron chi connectivity index (χ0n) is 11.0. The van der Waals surface area contributed by atoms with E-state index in [1.165, 1.54) is 6.92 Å². The molecule has 1 atom stereocenters. The summed E-state index contributed by atoms with van der Waals surface area (Å²) in [5.74, 6) is 11.4. The molecular weight excluding hydrogens is 212 g/mol. The summed E-state index contributed by atoms with van der Waals surface area (Å²) in [5, 5.41) is 6.03. The highest BCUT2D eigenvalue weighted by Crippen LogP contribution is 1.86. The van der Waals surface area contributed by atoms with Crippen LogP contribution in [0.25, 0.3) is 0 Å². The molecule has 0 spiro atoms. The zero-order chi connectivity index (χ0) is 12.9. The van der Waals surface area contributed by atoms with Crippen molar-refractivity contribution in [1.29, 1.82) is 0 Å². The third kappa shape index (κ3) is 12.5. The molecule has 0 saturated heterocycles. The molecule has 1 unspecified atom stereocenters. The van der Waals surface area contributed by atoms with E-state index in [1.54, 1.807) is 0 Å². The van der Waals surface area contributed by atoms with Crippen molar-refractivity contribution >= 4 is 5.91 Å². The highest BCUT2D eigenvalue weighted by Gasteiger charge is 1.93. The van der Waals surface area contributed by atoms with E-state index >= 15 is 0 Å². The van der Waals surface area contributed by atoms with E-state index in [9.17, 15) is 4.79 Å². The van der Waals surface area contributed by atoms with E-state index in [0.717, 1.165) is 19.4 Å². The van der Waals surface area contributed by atoms with E-state index in [0.29, 0.717) is 19.0 Å². The summed E-state index contributed by atoms with van der Waals surface area (Å²) in [6.07, 6.45) is 2.61. The maximum Gasteiger partial charge on any atom is 0.216 e. The van der Waals surface area contributed by atoms with Gasteiger partial charge in [0.2, 0.25) is 5.91 Å². The predicted octanol–water partition coefficient (Wildman–Crippen LogP) is 1.30. The fourth-order valence-corrected chi connectivity index (χ4v) is 1.04. The molecule has 0 bridgehead atoms. The number of hydrogen-bond acceptors (Lipinski definition) is 2. The fraction of sp³-hybridized carbons (Fsp3) is 0.643. The topological polar surface area (TPSA) is 41.1 Å². The molecule has 3 nitrogen and oxygen atoms in total. The molecule has 0 heterocycles. The smallest absolute Gasteiger partial charge is 0.216 e. The Balaban J connectivity index is 3.48. The first kappa shape index (κ1) is 15.6. The lowest BCUT2D eigenvalue weighted by atomic mass is 10.2. The predicted molar refractivity (Wildman–Crippen MR) is 71.2 cm³/mol. The molecule has 0 aromatic carbocycles. The van der Waals surface area contributed by atoms with Crippen molar-refractivity contribution in [3.63, 3.8) is 0 Å². The molecule has 17 heavy (non-hydrogen) atoms. The standard InChI is InChI=1S/C14H22N2O/c1-4-13(2)15-11-9-7-5-6-8-10-12-16-14(3)17/h13,15H,4,9-12H2,1-3H3,(H,16,17). The van der Waals surface area contributed by atoms with Gasteiger partial charge in [-0.15, -0.1) is 0 Å². The highest BCUT2D eigenvalue weighted by molar-refractivity contribution is 5.72. The quantitative estimate of drug-likeness (QED) is 0.537. The van der Waals surface area contributed by atoms with Gasteiger partial charge in [0.25, 0.3) is 0 Å². The van der Waals surface area contributed by atoms with Crippen LogP contribution in [0.1, 0.15) is 40.0 Å². The van der Waals surface area contributed by atoms with Gasteiger partial charge in [0.1, 0.15) is 0 Å². The average molecular weight is 234 g/mol. The third-order valence-electron chi connectivity index (χ3n) is 2.22. The molecule has 0 rings (SSSR count). The Morgan fingerprint density at radius 1 is 1.18 bits per heavy atom. The van der Waals surface area contributed by atoms with Gasteiger partial charge in [-0.3, -0.25) is 4.79 Å². The maximum atomic E-state index is 10.5. The minimum Gasteiger partial charge on any atom is -0.355 e. The van der Waals surface area contributed by atoms with Gasteiger partial charge in [0.05, 0.1) is 0 Å². The van der Waals surface area contributed by atoms with Crippen molar-refractivity contribution in [2.24, 2.45) is 0 Å². The van der Waals surface area contributed by atoms with Gasteiger partial charge < -0.3 is 10.6 Å². The number of carbonyl (C=O) groups excluding carboxylic acids is 1. The van der Waals surface area contributed by atoms with Gasteiger partial charge in [-0.25, -0.2) is 0 Å². The van der Waals surface area contributed by atoms with E-state index in [4.69, 9.17) is 0 Å². The van der Waals surface area contributed by atoms with Crippen LogP contribution in [0.4, 0.5) is 0 Å².